The Balaban J connectivity index is 2.01. The lowest BCUT2D eigenvalue weighted by atomic mass is 9.75. The third kappa shape index (κ3) is 4.41. The lowest BCUT2D eigenvalue weighted by molar-refractivity contribution is -0.296. The number of benzene rings is 1. The fourth-order valence-corrected chi connectivity index (χ4v) is 3.34. The Kier molecular flexibility index (Phi) is 6.49. The van der Waals surface area contributed by atoms with E-state index in [9.17, 15) is 4.79 Å². The standard InChI is InChI=1S/C19H28O5/c1-12(2)15-8-6-13(3)10-17(15)23-24-19(20)14-7-9-16(21-4)18(11-14)22-5/h7,9,11-13,15,17H,6,8,10H2,1-5H3. The largest absolute Gasteiger partial charge is 0.493 e. The molecule has 0 spiro atoms. The van der Waals surface area contributed by atoms with Gasteiger partial charge in [-0.05, 0) is 48.8 Å². The summed E-state index contributed by atoms with van der Waals surface area (Å²) in [7, 11) is 3.08. The smallest absolute Gasteiger partial charge is 0.373 e. The zero-order valence-corrected chi connectivity index (χ0v) is 15.2. The average Bonchev–Trinajstić information content (AvgIpc) is 2.58. The topological polar surface area (TPSA) is 54.0 Å². The maximum atomic E-state index is 12.3. The normalized spacial score (nSPS) is 23.8. The zero-order chi connectivity index (χ0) is 17.7. The van der Waals surface area contributed by atoms with E-state index in [1.54, 1.807) is 25.3 Å². The highest BCUT2D eigenvalue weighted by molar-refractivity contribution is 5.89. The molecule has 0 aliphatic heterocycles. The van der Waals surface area contributed by atoms with Gasteiger partial charge in [-0.2, -0.15) is 4.89 Å². The number of ether oxygens (including phenoxy) is 2. The first kappa shape index (κ1) is 18.6. The lowest BCUT2D eigenvalue weighted by Crippen LogP contribution is -2.34. The van der Waals surface area contributed by atoms with Crippen molar-refractivity contribution in [2.24, 2.45) is 17.8 Å². The first-order valence-electron chi connectivity index (χ1n) is 8.56. The van der Waals surface area contributed by atoms with Crippen LogP contribution in [-0.2, 0) is 9.78 Å². The fraction of sp³-hybridized carbons (Fsp3) is 0.632. The Labute approximate surface area is 144 Å². The van der Waals surface area contributed by atoms with Crippen LogP contribution in [0.2, 0.25) is 0 Å². The number of hydrogen-bond acceptors (Lipinski definition) is 5. The number of rotatable bonds is 6. The Morgan fingerprint density at radius 2 is 1.83 bits per heavy atom. The van der Waals surface area contributed by atoms with Crippen LogP contribution in [0.1, 0.15) is 50.4 Å². The van der Waals surface area contributed by atoms with Crippen molar-refractivity contribution >= 4 is 5.97 Å². The van der Waals surface area contributed by atoms with Crippen LogP contribution in [-0.4, -0.2) is 26.3 Å². The molecule has 0 saturated heterocycles. The lowest BCUT2D eigenvalue weighted by Gasteiger charge is -2.35. The highest BCUT2D eigenvalue weighted by atomic mass is 17.2. The van der Waals surface area contributed by atoms with E-state index < -0.39 is 5.97 Å². The second-order valence-corrected chi connectivity index (χ2v) is 6.90. The van der Waals surface area contributed by atoms with E-state index in [0.717, 1.165) is 12.8 Å². The molecule has 134 valence electrons. The molecule has 0 amide bonds. The van der Waals surface area contributed by atoms with Gasteiger partial charge in [0.25, 0.3) is 0 Å². The first-order chi connectivity index (χ1) is 11.5. The van der Waals surface area contributed by atoms with E-state index in [4.69, 9.17) is 19.2 Å². The third-order valence-corrected chi connectivity index (χ3v) is 4.83. The molecule has 0 heterocycles. The molecule has 3 unspecified atom stereocenters. The van der Waals surface area contributed by atoms with Crippen LogP contribution in [0.25, 0.3) is 0 Å². The second-order valence-electron chi connectivity index (χ2n) is 6.90. The van der Waals surface area contributed by atoms with Gasteiger partial charge < -0.3 is 9.47 Å². The highest BCUT2D eigenvalue weighted by Gasteiger charge is 2.33. The minimum Gasteiger partial charge on any atom is -0.493 e. The van der Waals surface area contributed by atoms with Crippen molar-refractivity contribution in [2.75, 3.05) is 14.2 Å². The van der Waals surface area contributed by atoms with Crippen LogP contribution in [0.15, 0.2) is 18.2 Å². The first-order valence-corrected chi connectivity index (χ1v) is 8.56. The Bertz CT molecular complexity index is 555. The minimum atomic E-state index is -0.517. The van der Waals surface area contributed by atoms with Crippen molar-refractivity contribution in [3.8, 4) is 11.5 Å². The molecule has 1 fully saturated rings. The summed E-state index contributed by atoms with van der Waals surface area (Å²) in [4.78, 5) is 23.0. The Morgan fingerprint density at radius 1 is 1.12 bits per heavy atom. The summed E-state index contributed by atoms with van der Waals surface area (Å²) in [6.45, 7) is 6.59. The molecule has 1 aromatic rings. The summed E-state index contributed by atoms with van der Waals surface area (Å²) >= 11 is 0. The van der Waals surface area contributed by atoms with Crippen molar-refractivity contribution in [3.63, 3.8) is 0 Å². The maximum Gasteiger partial charge on any atom is 0.373 e. The molecule has 1 aromatic carbocycles. The predicted molar refractivity (Wildman–Crippen MR) is 91.2 cm³/mol. The van der Waals surface area contributed by atoms with E-state index in [1.165, 1.54) is 13.5 Å². The Hall–Kier alpha value is -1.75. The molecule has 1 saturated carbocycles. The van der Waals surface area contributed by atoms with Crippen molar-refractivity contribution in [2.45, 2.75) is 46.1 Å². The molecule has 5 nitrogen and oxygen atoms in total. The summed E-state index contributed by atoms with van der Waals surface area (Å²) in [6, 6.07) is 4.90. The molecule has 5 heteroatoms. The van der Waals surface area contributed by atoms with E-state index in [1.807, 2.05) is 0 Å². The number of methoxy groups -OCH3 is 2. The average molecular weight is 336 g/mol. The van der Waals surface area contributed by atoms with Gasteiger partial charge in [0.1, 0.15) is 6.10 Å². The number of carbonyl (C=O) groups excluding carboxylic acids is 1. The van der Waals surface area contributed by atoms with E-state index in [-0.39, 0.29) is 6.10 Å². The molecule has 1 aliphatic carbocycles. The third-order valence-electron chi connectivity index (χ3n) is 4.83. The van der Waals surface area contributed by atoms with Crippen molar-refractivity contribution < 1.29 is 24.0 Å². The molecule has 0 N–H and O–H groups in total. The van der Waals surface area contributed by atoms with Crippen LogP contribution in [0.4, 0.5) is 0 Å². The fourth-order valence-electron chi connectivity index (χ4n) is 3.34. The molecule has 0 radical (unpaired) electrons. The quantitative estimate of drug-likeness (QED) is 0.574. The molecular formula is C19H28O5. The van der Waals surface area contributed by atoms with Gasteiger partial charge in [0, 0.05) is 0 Å². The van der Waals surface area contributed by atoms with Crippen molar-refractivity contribution in [1.82, 2.24) is 0 Å². The van der Waals surface area contributed by atoms with E-state index in [2.05, 4.69) is 20.8 Å². The van der Waals surface area contributed by atoms with Gasteiger partial charge in [0.15, 0.2) is 11.5 Å². The maximum absolute atomic E-state index is 12.3. The summed E-state index contributed by atoms with van der Waals surface area (Å²) in [5.41, 5.74) is 0.373. The number of hydrogen-bond donors (Lipinski definition) is 0. The Morgan fingerprint density at radius 3 is 2.46 bits per heavy atom. The van der Waals surface area contributed by atoms with Gasteiger partial charge in [-0.15, -0.1) is 0 Å². The van der Waals surface area contributed by atoms with Gasteiger partial charge in [-0.1, -0.05) is 27.2 Å². The van der Waals surface area contributed by atoms with Gasteiger partial charge in [-0.25, -0.2) is 4.79 Å². The summed E-state index contributed by atoms with van der Waals surface area (Å²) in [5.74, 6) is 2.04. The van der Waals surface area contributed by atoms with E-state index in [0.29, 0.717) is 34.8 Å². The van der Waals surface area contributed by atoms with Crippen LogP contribution in [0.3, 0.4) is 0 Å². The SMILES string of the molecule is COc1ccc(C(=O)OOC2CC(C)CCC2C(C)C)cc1OC. The van der Waals surface area contributed by atoms with E-state index >= 15 is 0 Å². The van der Waals surface area contributed by atoms with Crippen LogP contribution in [0.5, 0.6) is 11.5 Å². The molecule has 0 bridgehead atoms. The van der Waals surface area contributed by atoms with Crippen molar-refractivity contribution in [3.05, 3.63) is 23.8 Å². The van der Waals surface area contributed by atoms with Crippen molar-refractivity contribution in [1.29, 1.82) is 0 Å². The van der Waals surface area contributed by atoms with Gasteiger partial charge in [0.2, 0.25) is 0 Å². The molecule has 1 aliphatic rings. The summed E-state index contributed by atoms with van der Waals surface area (Å²) < 4.78 is 10.4. The van der Waals surface area contributed by atoms with Crippen LogP contribution in [0, 0.1) is 17.8 Å². The van der Waals surface area contributed by atoms with Gasteiger partial charge in [-0.3, -0.25) is 4.89 Å². The van der Waals surface area contributed by atoms with Gasteiger partial charge >= 0.3 is 5.97 Å². The predicted octanol–water partition coefficient (Wildman–Crippen LogP) is 4.25. The second kappa shape index (κ2) is 8.38. The summed E-state index contributed by atoms with van der Waals surface area (Å²) in [6.07, 6.45) is 3.18. The minimum absolute atomic E-state index is 0.0437. The molecule has 0 aromatic heterocycles. The highest BCUT2D eigenvalue weighted by Crippen LogP contribution is 2.35. The molecular weight excluding hydrogens is 308 g/mol. The zero-order valence-electron chi connectivity index (χ0n) is 15.2. The number of carbonyl (C=O) groups is 1. The molecule has 2 rings (SSSR count). The molecule has 3 atom stereocenters. The van der Waals surface area contributed by atoms with Gasteiger partial charge in [0.05, 0.1) is 19.8 Å². The summed E-state index contributed by atoms with van der Waals surface area (Å²) in [5, 5.41) is 0. The monoisotopic (exact) mass is 336 g/mol. The molecule has 24 heavy (non-hydrogen) atoms. The van der Waals surface area contributed by atoms with Crippen LogP contribution < -0.4 is 9.47 Å². The van der Waals surface area contributed by atoms with Crippen LogP contribution >= 0.6 is 0 Å².